The standard InChI is InChI=1S/C25H31N5O7/c26-21(32)4-5-22(33)27-16-36-13-12-34-9-6-19-15-20-23(37-19)25(30-7-10-35-11-8-30)29-24(28-20)17-2-1-3-18(31)14-17/h1-3,14-15,31H,4-13,16H2,(H2,26,32)(H,27,33). The van der Waals surface area contributed by atoms with Gasteiger partial charge in [0.25, 0.3) is 0 Å². The second-order valence-corrected chi connectivity index (χ2v) is 8.43. The number of nitrogens with one attached hydrogen (secondary N) is 1. The molecule has 12 nitrogen and oxygen atoms in total. The van der Waals surface area contributed by atoms with E-state index in [1.54, 1.807) is 18.2 Å². The molecule has 0 spiro atoms. The van der Waals surface area contributed by atoms with Gasteiger partial charge in [-0.25, -0.2) is 9.97 Å². The highest BCUT2D eigenvalue weighted by molar-refractivity contribution is 5.87. The van der Waals surface area contributed by atoms with Crippen molar-refractivity contribution in [1.82, 2.24) is 15.3 Å². The number of furan rings is 1. The second kappa shape index (κ2) is 13.0. The van der Waals surface area contributed by atoms with Gasteiger partial charge in [0, 0.05) is 44.0 Å². The van der Waals surface area contributed by atoms with Crippen molar-refractivity contribution in [3.8, 4) is 17.1 Å². The maximum absolute atomic E-state index is 11.5. The maximum Gasteiger partial charge on any atom is 0.222 e. The van der Waals surface area contributed by atoms with Crippen LogP contribution in [0, 0.1) is 0 Å². The van der Waals surface area contributed by atoms with Crippen molar-refractivity contribution in [3.05, 3.63) is 36.1 Å². The highest BCUT2D eigenvalue weighted by Crippen LogP contribution is 2.31. The maximum atomic E-state index is 11.5. The van der Waals surface area contributed by atoms with Crippen molar-refractivity contribution in [2.45, 2.75) is 19.3 Å². The van der Waals surface area contributed by atoms with Gasteiger partial charge in [0.15, 0.2) is 17.2 Å². The molecule has 1 aliphatic rings. The van der Waals surface area contributed by atoms with Gasteiger partial charge in [-0.3, -0.25) is 9.59 Å². The van der Waals surface area contributed by atoms with E-state index in [1.807, 2.05) is 12.1 Å². The number of benzene rings is 1. The summed E-state index contributed by atoms with van der Waals surface area (Å²) in [6.45, 7) is 3.69. The molecule has 198 valence electrons. The molecular formula is C25H31N5O7. The fourth-order valence-corrected chi connectivity index (χ4v) is 3.77. The van der Waals surface area contributed by atoms with E-state index < -0.39 is 5.91 Å². The Hall–Kier alpha value is -3.74. The molecule has 12 heteroatoms. The summed E-state index contributed by atoms with van der Waals surface area (Å²) in [7, 11) is 0. The highest BCUT2D eigenvalue weighted by Gasteiger charge is 2.21. The van der Waals surface area contributed by atoms with Crippen LogP contribution in [0.15, 0.2) is 34.7 Å². The molecule has 1 saturated heterocycles. The normalized spacial score (nSPS) is 13.7. The molecule has 0 bridgehead atoms. The number of rotatable bonds is 13. The summed E-state index contributed by atoms with van der Waals surface area (Å²) in [4.78, 5) is 33.7. The Bertz CT molecular complexity index is 1210. The minimum absolute atomic E-state index is 0.00736. The highest BCUT2D eigenvalue weighted by atomic mass is 16.5. The fourth-order valence-electron chi connectivity index (χ4n) is 3.77. The number of hydrogen-bond donors (Lipinski definition) is 3. The van der Waals surface area contributed by atoms with Gasteiger partial charge >= 0.3 is 0 Å². The first-order valence-electron chi connectivity index (χ1n) is 12.1. The third-order valence-corrected chi connectivity index (χ3v) is 5.65. The fraction of sp³-hybridized carbons (Fsp3) is 0.440. The first kappa shape index (κ1) is 26.3. The van der Waals surface area contributed by atoms with Gasteiger partial charge < -0.3 is 39.7 Å². The van der Waals surface area contributed by atoms with Gasteiger partial charge in [0.05, 0.1) is 33.0 Å². The van der Waals surface area contributed by atoms with Crippen LogP contribution in [0.3, 0.4) is 0 Å². The van der Waals surface area contributed by atoms with E-state index in [9.17, 15) is 14.7 Å². The van der Waals surface area contributed by atoms with E-state index in [2.05, 4.69) is 15.2 Å². The van der Waals surface area contributed by atoms with Crippen LogP contribution in [-0.4, -0.2) is 79.7 Å². The SMILES string of the molecule is NC(=O)CCC(=O)NCOCCOCCc1cc2nc(-c3cccc(O)c3)nc(N3CCOCC3)c2o1. The number of aromatic hydroxyl groups is 1. The number of ether oxygens (including phenoxy) is 3. The van der Waals surface area contributed by atoms with Crippen LogP contribution < -0.4 is 16.0 Å². The largest absolute Gasteiger partial charge is 0.508 e. The lowest BCUT2D eigenvalue weighted by Crippen LogP contribution is -2.37. The molecule has 4 N–H and O–H groups in total. The van der Waals surface area contributed by atoms with Crippen molar-refractivity contribution in [2.24, 2.45) is 5.73 Å². The lowest BCUT2D eigenvalue weighted by atomic mass is 10.2. The lowest BCUT2D eigenvalue weighted by Gasteiger charge is -2.27. The topological polar surface area (TPSA) is 162 Å². The van der Waals surface area contributed by atoms with Crippen LogP contribution in [0.2, 0.25) is 0 Å². The predicted molar refractivity (Wildman–Crippen MR) is 134 cm³/mol. The Morgan fingerprint density at radius 1 is 1.08 bits per heavy atom. The Morgan fingerprint density at radius 2 is 1.89 bits per heavy atom. The zero-order chi connectivity index (χ0) is 26.0. The quantitative estimate of drug-likeness (QED) is 0.225. The van der Waals surface area contributed by atoms with Crippen LogP contribution in [0.1, 0.15) is 18.6 Å². The number of aromatic nitrogens is 2. The summed E-state index contributed by atoms with van der Waals surface area (Å²) in [5.74, 6) is 1.26. The molecule has 3 aromatic rings. The Morgan fingerprint density at radius 3 is 2.68 bits per heavy atom. The van der Waals surface area contributed by atoms with Crippen molar-refractivity contribution < 1.29 is 33.3 Å². The van der Waals surface area contributed by atoms with Crippen molar-refractivity contribution >= 4 is 28.7 Å². The number of amides is 2. The molecule has 1 aliphatic heterocycles. The molecule has 2 amide bonds. The average Bonchev–Trinajstić information content (AvgIpc) is 3.31. The van der Waals surface area contributed by atoms with Gasteiger partial charge in [-0.1, -0.05) is 12.1 Å². The van der Waals surface area contributed by atoms with Crippen LogP contribution in [0.5, 0.6) is 5.75 Å². The Balaban J connectivity index is 1.32. The van der Waals surface area contributed by atoms with Gasteiger partial charge in [-0.15, -0.1) is 0 Å². The molecule has 0 saturated carbocycles. The number of fused-ring (bicyclic) bond motifs is 1. The Kier molecular flexibility index (Phi) is 9.24. The zero-order valence-corrected chi connectivity index (χ0v) is 20.5. The van der Waals surface area contributed by atoms with Gasteiger partial charge in [0.1, 0.15) is 23.8 Å². The van der Waals surface area contributed by atoms with Crippen molar-refractivity contribution in [2.75, 3.05) is 57.8 Å². The summed E-state index contributed by atoms with van der Waals surface area (Å²) < 4.78 is 22.5. The molecule has 4 rings (SSSR count). The van der Waals surface area contributed by atoms with Gasteiger partial charge in [-0.05, 0) is 12.1 Å². The summed E-state index contributed by atoms with van der Waals surface area (Å²) in [5, 5.41) is 12.4. The molecular weight excluding hydrogens is 482 g/mol. The molecule has 0 atom stereocenters. The van der Waals surface area contributed by atoms with E-state index in [4.69, 9.17) is 29.3 Å². The number of carbonyl (C=O) groups is 2. The van der Waals surface area contributed by atoms with Crippen LogP contribution in [0.25, 0.3) is 22.5 Å². The number of phenols is 1. The molecule has 1 fully saturated rings. The smallest absolute Gasteiger partial charge is 0.222 e. The van der Waals surface area contributed by atoms with E-state index in [-0.39, 0.29) is 31.2 Å². The van der Waals surface area contributed by atoms with Crippen LogP contribution in [0.4, 0.5) is 5.82 Å². The molecule has 0 radical (unpaired) electrons. The molecule has 3 heterocycles. The van der Waals surface area contributed by atoms with E-state index in [0.29, 0.717) is 80.9 Å². The summed E-state index contributed by atoms with van der Waals surface area (Å²) in [6, 6.07) is 8.73. The van der Waals surface area contributed by atoms with Crippen LogP contribution in [-0.2, 0) is 30.2 Å². The molecule has 2 aromatic heterocycles. The van der Waals surface area contributed by atoms with E-state index in [0.717, 1.165) is 5.76 Å². The van der Waals surface area contributed by atoms with Crippen molar-refractivity contribution in [1.29, 1.82) is 0 Å². The summed E-state index contributed by atoms with van der Waals surface area (Å²) in [5.41, 5.74) is 7.01. The number of hydrogen-bond acceptors (Lipinski definition) is 10. The molecule has 1 aromatic carbocycles. The second-order valence-electron chi connectivity index (χ2n) is 8.43. The summed E-state index contributed by atoms with van der Waals surface area (Å²) in [6.07, 6.45) is 0.581. The number of nitrogens with zero attached hydrogens (tertiary/aromatic N) is 3. The predicted octanol–water partition coefficient (Wildman–Crippen LogP) is 1.35. The van der Waals surface area contributed by atoms with Gasteiger partial charge in [0.2, 0.25) is 11.8 Å². The van der Waals surface area contributed by atoms with E-state index in [1.165, 1.54) is 0 Å². The number of morpholine rings is 1. The molecule has 0 unspecified atom stereocenters. The van der Waals surface area contributed by atoms with E-state index >= 15 is 0 Å². The zero-order valence-electron chi connectivity index (χ0n) is 20.5. The van der Waals surface area contributed by atoms with Gasteiger partial charge in [-0.2, -0.15) is 0 Å². The molecule has 0 aliphatic carbocycles. The number of nitrogens with two attached hydrogens (primary N) is 1. The number of anilines is 1. The van der Waals surface area contributed by atoms with Crippen molar-refractivity contribution in [3.63, 3.8) is 0 Å². The minimum Gasteiger partial charge on any atom is -0.508 e. The summed E-state index contributed by atoms with van der Waals surface area (Å²) >= 11 is 0. The number of primary amides is 1. The average molecular weight is 514 g/mol. The third kappa shape index (κ3) is 7.62. The molecule has 37 heavy (non-hydrogen) atoms. The number of phenolic OH excluding ortho intramolecular Hbond substituents is 1. The number of carbonyl (C=O) groups excluding carboxylic acids is 2. The first-order valence-corrected chi connectivity index (χ1v) is 12.1. The minimum atomic E-state index is -0.518. The Labute approximate surface area is 213 Å². The lowest BCUT2D eigenvalue weighted by molar-refractivity contribution is -0.126. The monoisotopic (exact) mass is 513 g/mol. The van der Waals surface area contributed by atoms with Crippen LogP contribution >= 0.6 is 0 Å². The third-order valence-electron chi connectivity index (χ3n) is 5.65. The first-order chi connectivity index (χ1) is 18.0.